The minimum atomic E-state index is -0.437. The molecule has 5 nitrogen and oxygen atoms in total. The minimum absolute atomic E-state index is 0.0625. The minimum Gasteiger partial charge on any atom is -0.596 e. The topological polar surface area (TPSA) is 65.0 Å². The van der Waals surface area contributed by atoms with Gasteiger partial charge >= 0.3 is 0 Å². The zero-order valence-electron chi connectivity index (χ0n) is 4.32. The molecule has 0 fully saturated rings. The van der Waals surface area contributed by atoms with Crippen LogP contribution in [0.2, 0.25) is 0 Å². The van der Waals surface area contributed by atoms with Gasteiger partial charge in [0.2, 0.25) is 0 Å². The molecule has 5 heteroatoms. The van der Waals surface area contributed by atoms with Crippen LogP contribution in [0.1, 0.15) is 0 Å². The third-order valence-corrected chi connectivity index (χ3v) is 0.297. The normalized spacial score (nSPS) is 18.9. The van der Waals surface area contributed by atoms with Gasteiger partial charge in [-0.25, -0.2) is 5.17 Å². The molecular weight excluding hydrogens is 98.0 g/mol. The number of nitrogens with one attached hydrogen (secondary N) is 3. The highest BCUT2D eigenvalue weighted by Gasteiger charge is 1.86. The molecule has 0 saturated heterocycles. The van der Waals surface area contributed by atoms with E-state index in [0.717, 1.165) is 0 Å². The van der Waals surface area contributed by atoms with Crippen LogP contribution in [0.4, 0.5) is 0 Å². The summed E-state index contributed by atoms with van der Waals surface area (Å²) in [4.78, 5) is 4.19. The summed E-state index contributed by atoms with van der Waals surface area (Å²) in [6.45, 7) is 0. The maximum Gasteiger partial charge on any atom is 0.102 e. The molecule has 0 saturated carbocycles. The number of quaternary nitrogens is 2. The summed E-state index contributed by atoms with van der Waals surface area (Å²) >= 11 is 0. The van der Waals surface area contributed by atoms with Gasteiger partial charge in [-0.3, -0.25) is 0 Å². The zero-order chi connectivity index (χ0) is 5.86. The number of hydrogen-bond donors (Lipinski definition) is 2. The maximum atomic E-state index is 9.89. The Bertz CT molecular complexity index is 40.2. The van der Waals surface area contributed by atoms with Gasteiger partial charge in [0.15, 0.2) is 0 Å². The smallest absolute Gasteiger partial charge is 0.102 e. The average Bonchev–Trinajstić information content (AvgIpc) is 1.27. The molecule has 0 bridgehead atoms. The third-order valence-electron chi connectivity index (χ3n) is 0.297. The summed E-state index contributed by atoms with van der Waals surface area (Å²) in [5, 5.41) is 9.39. The van der Waals surface area contributed by atoms with Crippen molar-refractivity contribution in [3.05, 3.63) is 11.0 Å². The highest BCUT2D eigenvalue weighted by molar-refractivity contribution is 3.83. The first-order chi connectivity index (χ1) is 3.13. The maximum absolute atomic E-state index is 9.89. The van der Waals surface area contributed by atoms with Crippen LogP contribution in [0.15, 0.2) is 0 Å². The van der Waals surface area contributed by atoms with Crippen molar-refractivity contribution in [2.75, 3.05) is 14.1 Å². The van der Waals surface area contributed by atoms with E-state index in [-0.39, 0.29) is 5.17 Å². The SMILES string of the molecule is C[NH+]([NH-])O[NH+](C)[O-]. The van der Waals surface area contributed by atoms with E-state index in [0.29, 0.717) is 0 Å². The van der Waals surface area contributed by atoms with Gasteiger partial charge in [0.05, 0.1) is 7.05 Å². The van der Waals surface area contributed by atoms with Crippen molar-refractivity contribution in [3.8, 4) is 0 Å². The Labute approximate surface area is 41.7 Å². The van der Waals surface area contributed by atoms with E-state index < -0.39 is 5.23 Å². The van der Waals surface area contributed by atoms with Crippen LogP contribution in [0.3, 0.4) is 0 Å². The van der Waals surface area contributed by atoms with E-state index in [1.54, 1.807) is 0 Å². The van der Waals surface area contributed by atoms with Crippen LogP contribution in [0.5, 0.6) is 0 Å². The molecule has 0 aromatic carbocycles. The van der Waals surface area contributed by atoms with Gasteiger partial charge in [-0.15, -0.1) is 0 Å². The molecule has 0 aliphatic rings. The number of hydroxylamine groups is 3. The third kappa shape index (κ3) is 5.80. The predicted octanol–water partition coefficient (Wildman–Crippen LogP) is -2.67. The van der Waals surface area contributed by atoms with Crippen molar-refractivity contribution >= 4 is 0 Å². The second kappa shape index (κ2) is 2.89. The summed E-state index contributed by atoms with van der Waals surface area (Å²) in [6, 6.07) is 0. The van der Waals surface area contributed by atoms with Gasteiger partial charge in [-0.2, -0.15) is 5.23 Å². The quantitative estimate of drug-likeness (QED) is 0.378. The number of rotatable bonds is 2. The summed E-state index contributed by atoms with van der Waals surface area (Å²) in [7, 11) is 2.67. The van der Waals surface area contributed by atoms with E-state index in [2.05, 4.69) is 4.94 Å². The average molecular weight is 107 g/mol. The molecule has 3 N–H and O–H groups in total. The Morgan fingerprint density at radius 2 is 2.00 bits per heavy atom. The molecule has 0 radical (unpaired) electrons. The highest BCUT2D eigenvalue weighted by Crippen LogP contribution is 1.24. The molecule has 0 heterocycles. The Morgan fingerprint density at radius 3 is 2.00 bits per heavy atom. The lowest BCUT2D eigenvalue weighted by Gasteiger charge is -2.17. The van der Waals surface area contributed by atoms with Gasteiger partial charge in [0.25, 0.3) is 0 Å². The van der Waals surface area contributed by atoms with Gasteiger partial charge < -0.3 is 11.0 Å². The van der Waals surface area contributed by atoms with Gasteiger partial charge in [0.1, 0.15) is 7.05 Å². The highest BCUT2D eigenvalue weighted by atomic mass is 17.0. The lowest BCUT2D eigenvalue weighted by atomic mass is 11.5. The fourth-order valence-corrected chi connectivity index (χ4v) is 0.216. The molecular formula is C2H9N3O2. The van der Waals surface area contributed by atoms with E-state index >= 15 is 0 Å². The van der Waals surface area contributed by atoms with Crippen molar-refractivity contribution < 1.29 is 15.3 Å². The predicted molar refractivity (Wildman–Crippen MR) is 22.5 cm³/mol. The summed E-state index contributed by atoms with van der Waals surface area (Å²) in [5.41, 5.74) is 0. The Hall–Kier alpha value is -0.200. The molecule has 0 aromatic rings. The zero-order valence-corrected chi connectivity index (χ0v) is 4.32. The Kier molecular flexibility index (Phi) is 2.81. The molecule has 2 unspecified atom stereocenters. The molecule has 0 rings (SSSR count). The molecule has 0 aliphatic carbocycles. The van der Waals surface area contributed by atoms with Crippen LogP contribution >= 0.6 is 0 Å². The van der Waals surface area contributed by atoms with Crippen LogP contribution in [0, 0.1) is 5.21 Å². The first-order valence-corrected chi connectivity index (χ1v) is 1.86. The van der Waals surface area contributed by atoms with Crippen LogP contribution in [-0.2, 0) is 4.94 Å². The lowest BCUT2D eigenvalue weighted by molar-refractivity contribution is -1.30. The Balaban J connectivity index is 2.95. The van der Waals surface area contributed by atoms with Gasteiger partial charge in [-0.05, 0) is 4.94 Å². The summed E-state index contributed by atoms with van der Waals surface area (Å²) in [6.07, 6.45) is 0. The van der Waals surface area contributed by atoms with E-state index in [1.807, 2.05) is 0 Å². The molecule has 0 amide bonds. The van der Waals surface area contributed by atoms with Crippen LogP contribution in [0.25, 0.3) is 5.84 Å². The number of hydrogen-bond acceptors (Lipinski definition) is 2. The molecule has 0 aliphatic heterocycles. The molecule has 44 valence electrons. The van der Waals surface area contributed by atoms with E-state index in [4.69, 9.17) is 5.84 Å². The summed E-state index contributed by atoms with van der Waals surface area (Å²) < 4.78 is 0. The first-order valence-electron chi connectivity index (χ1n) is 1.86. The van der Waals surface area contributed by atoms with Crippen molar-refractivity contribution in [1.82, 2.24) is 0 Å². The standard InChI is InChI=1S/C2H9N3O2/c1-4(3)7-5(2)6/h3-5H,1-2H3. The molecule has 0 aromatic heterocycles. The van der Waals surface area contributed by atoms with E-state index in [1.165, 1.54) is 14.1 Å². The molecule has 2 atom stereocenters. The van der Waals surface area contributed by atoms with Gasteiger partial charge in [-0.1, -0.05) is 0 Å². The van der Waals surface area contributed by atoms with E-state index in [9.17, 15) is 5.21 Å². The van der Waals surface area contributed by atoms with Crippen LogP contribution in [-0.4, -0.2) is 14.1 Å². The molecule has 7 heavy (non-hydrogen) atoms. The second-order valence-corrected chi connectivity index (χ2v) is 1.15. The largest absolute Gasteiger partial charge is 0.596 e. The summed E-state index contributed by atoms with van der Waals surface area (Å²) in [5.74, 6) is 6.58. The van der Waals surface area contributed by atoms with Crippen molar-refractivity contribution in [1.29, 1.82) is 0 Å². The second-order valence-electron chi connectivity index (χ2n) is 1.15. The first kappa shape index (κ1) is 6.80. The lowest BCUT2D eigenvalue weighted by Crippen LogP contribution is -3.21. The van der Waals surface area contributed by atoms with Crippen molar-refractivity contribution in [3.63, 3.8) is 0 Å². The Morgan fingerprint density at radius 1 is 1.57 bits per heavy atom. The van der Waals surface area contributed by atoms with Crippen molar-refractivity contribution in [2.24, 2.45) is 0 Å². The van der Waals surface area contributed by atoms with Crippen LogP contribution < -0.4 is 10.4 Å². The monoisotopic (exact) mass is 107 g/mol. The fraction of sp³-hybridized carbons (Fsp3) is 1.00. The van der Waals surface area contributed by atoms with Gasteiger partial charge in [0, 0.05) is 0 Å². The fourth-order valence-electron chi connectivity index (χ4n) is 0.216. The van der Waals surface area contributed by atoms with Crippen molar-refractivity contribution in [2.45, 2.75) is 0 Å². The molecule has 0 spiro atoms.